The smallest absolute Gasteiger partial charge is 0.239 e. The summed E-state index contributed by atoms with van der Waals surface area (Å²) < 4.78 is 0. The van der Waals surface area contributed by atoms with Crippen molar-refractivity contribution in [2.45, 2.75) is 38.3 Å². The van der Waals surface area contributed by atoms with E-state index in [1.54, 1.807) is 23.1 Å². The zero-order chi connectivity index (χ0) is 17.3. The Morgan fingerprint density at radius 2 is 2.08 bits per heavy atom. The second kappa shape index (κ2) is 8.58. The Bertz CT molecular complexity index is 656. The van der Waals surface area contributed by atoms with Crippen LogP contribution in [0.4, 0.5) is 5.69 Å². The summed E-state index contributed by atoms with van der Waals surface area (Å²) in [4.78, 5) is 26.8. The van der Waals surface area contributed by atoms with Gasteiger partial charge in [0.15, 0.2) is 0 Å². The molecule has 0 radical (unpaired) electrons. The zero-order valence-electron chi connectivity index (χ0n) is 13.9. The summed E-state index contributed by atoms with van der Waals surface area (Å²) in [6, 6.07) is 5.29. The highest BCUT2D eigenvalue weighted by Gasteiger charge is 2.39. The summed E-state index contributed by atoms with van der Waals surface area (Å²) in [6.45, 7) is 3.49. The zero-order valence-corrected chi connectivity index (χ0v) is 16.3. The second-order valence-corrected chi connectivity index (χ2v) is 7.27. The first-order valence-electron chi connectivity index (χ1n) is 8.27. The number of anilines is 1. The maximum atomic E-state index is 12.7. The van der Waals surface area contributed by atoms with Gasteiger partial charge in [-0.05, 0) is 50.9 Å². The highest BCUT2D eigenvalue weighted by atomic mass is 35.5. The summed E-state index contributed by atoms with van der Waals surface area (Å²) in [5.41, 5.74) is 0.567. The van der Waals surface area contributed by atoms with Gasteiger partial charge in [0, 0.05) is 23.7 Å². The van der Waals surface area contributed by atoms with Gasteiger partial charge in [0.05, 0.1) is 10.7 Å². The van der Waals surface area contributed by atoms with E-state index in [1.807, 2.05) is 0 Å². The van der Waals surface area contributed by atoms with E-state index in [2.05, 4.69) is 17.6 Å². The summed E-state index contributed by atoms with van der Waals surface area (Å²) in [5, 5.41) is 7.34. The molecule has 2 heterocycles. The van der Waals surface area contributed by atoms with Crippen molar-refractivity contribution in [2.24, 2.45) is 5.92 Å². The van der Waals surface area contributed by atoms with Crippen molar-refractivity contribution in [3.8, 4) is 0 Å². The lowest BCUT2D eigenvalue weighted by Crippen LogP contribution is -2.53. The molecule has 2 N–H and O–H groups in total. The average Bonchev–Trinajstić information content (AvgIpc) is 2.93. The van der Waals surface area contributed by atoms with Crippen LogP contribution in [0.3, 0.4) is 0 Å². The molecule has 1 aromatic carbocycles. The number of nitrogens with one attached hydrogen (secondary N) is 2. The van der Waals surface area contributed by atoms with Gasteiger partial charge >= 0.3 is 0 Å². The standard InChI is InChI=1S/C17H21Cl2N3O2.ClH/c1-10-14(3-2-7-20-10)21-16(23)12-6-8-22(17(12)24)15-9-11(18)4-5-13(15)19;/h4-5,9-10,12,14,20H,2-3,6-8H2,1H3,(H,21,23);1H. The number of benzene rings is 1. The lowest BCUT2D eigenvalue weighted by Gasteiger charge is -2.31. The third-order valence-electron chi connectivity index (χ3n) is 4.81. The predicted molar refractivity (Wildman–Crippen MR) is 103 cm³/mol. The van der Waals surface area contributed by atoms with E-state index in [4.69, 9.17) is 23.2 Å². The first-order valence-corrected chi connectivity index (χ1v) is 9.03. The van der Waals surface area contributed by atoms with Crippen molar-refractivity contribution >= 4 is 53.1 Å². The van der Waals surface area contributed by atoms with Crippen LogP contribution in [-0.2, 0) is 9.59 Å². The van der Waals surface area contributed by atoms with Crippen LogP contribution in [0.15, 0.2) is 18.2 Å². The Morgan fingerprint density at radius 1 is 1.32 bits per heavy atom. The molecule has 2 saturated heterocycles. The highest BCUT2D eigenvalue weighted by Crippen LogP contribution is 2.33. The summed E-state index contributed by atoms with van der Waals surface area (Å²) in [7, 11) is 0. The van der Waals surface area contributed by atoms with Crippen molar-refractivity contribution in [3.63, 3.8) is 0 Å². The number of amides is 2. The molecule has 8 heteroatoms. The number of piperidine rings is 1. The molecule has 0 bridgehead atoms. The van der Waals surface area contributed by atoms with E-state index < -0.39 is 5.92 Å². The van der Waals surface area contributed by atoms with Gasteiger partial charge < -0.3 is 15.5 Å². The summed E-state index contributed by atoms with van der Waals surface area (Å²) in [6.07, 6.45) is 2.45. The monoisotopic (exact) mass is 405 g/mol. The molecule has 138 valence electrons. The van der Waals surface area contributed by atoms with Gasteiger partial charge in [0.2, 0.25) is 11.8 Å². The molecule has 0 aromatic heterocycles. The number of carbonyl (C=O) groups excluding carboxylic acids is 2. The highest BCUT2D eigenvalue weighted by molar-refractivity contribution is 6.36. The Balaban J connectivity index is 0.00000225. The predicted octanol–water partition coefficient (Wildman–Crippen LogP) is 3.02. The van der Waals surface area contributed by atoms with Crippen LogP contribution in [-0.4, -0.2) is 37.0 Å². The molecule has 0 aliphatic carbocycles. The topological polar surface area (TPSA) is 61.4 Å². The van der Waals surface area contributed by atoms with Crippen molar-refractivity contribution in [1.29, 1.82) is 0 Å². The maximum Gasteiger partial charge on any atom is 0.239 e. The SMILES string of the molecule is CC1NCCCC1NC(=O)C1CCN(c2cc(Cl)ccc2Cl)C1=O.Cl. The number of nitrogens with zero attached hydrogens (tertiary/aromatic N) is 1. The number of halogens is 3. The van der Waals surface area contributed by atoms with E-state index in [1.165, 1.54) is 0 Å². The first kappa shape index (κ1) is 20.3. The van der Waals surface area contributed by atoms with Crippen LogP contribution in [0, 0.1) is 5.92 Å². The van der Waals surface area contributed by atoms with Gasteiger partial charge in [0.1, 0.15) is 5.92 Å². The Morgan fingerprint density at radius 3 is 2.80 bits per heavy atom. The van der Waals surface area contributed by atoms with Crippen LogP contribution < -0.4 is 15.5 Å². The molecule has 25 heavy (non-hydrogen) atoms. The van der Waals surface area contributed by atoms with Crippen molar-refractivity contribution in [1.82, 2.24) is 10.6 Å². The molecule has 3 rings (SSSR count). The van der Waals surface area contributed by atoms with Crippen molar-refractivity contribution in [3.05, 3.63) is 28.2 Å². The maximum absolute atomic E-state index is 12.7. The number of hydrogen-bond acceptors (Lipinski definition) is 3. The van der Waals surface area contributed by atoms with Gasteiger partial charge in [-0.2, -0.15) is 0 Å². The Labute approximate surface area is 163 Å². The minimum atomic E-state index is -0.658. The van der Waals surface area contributed by atoms with E-state index in [9.17, 15) is 9.59 Å². The van der Waals surface area contributed by atoms with Gasteiger partial charge in [0.25, 0.3) is 0 Å². The minimum Gasteiger partial charge on any atom is -0.351 e. The molecule has 1 aromatic rings. The van der Waals surface area contributed by atoms with E-state index in [-0.39, 0.29) is 36.3 Å². The van der Waals surface area contributed by atoms with E-state index in [0.717, 1.165) is 19.4 Å². The first-order chi connectivity index (χ1) is 11.5. The molecule has 3 unspecified atom stereocenters. The molecule has 2 fully saturated rings. The molecule has 0 saturated carbocycles. The average molecular weight is 407 g/mol. The van der Waals surface area contributed by atoms with E-state index >= 15 is 0 Å². The summed E-state index contributed by atoms with van der Waals surface area (Å²) in [5.74, 6) is -1.07. The Hall–Kier alpha value is -1.01. The molecule has 2 aliphatic rings. The second-order valence-electron chi connectivity index (χ2n) is 6.43. The largest absolute Gasteiger partial charge is 0.351 e. The lowest BCUT2D eigenvalue weighted by molar-refractivity contribution is -0.132. The fourth-order valence-corrected chi connectivity index (χ4v) is 3.77. The molecular formula is C17H22Cl3N3O2. The molecule has 3 atom stereocenters. The van der Waals surface area contributed by atoms with Gasteiger partial charge in [-0.15, -0.1) is 12.4 Å². The van der Waals surface area contributed by atoms with Gasteiger partial charge in [-0.1, -0.05) is 23.2 Å². The number of hydrogen-bond donors (Lipinski definition) is 2. The van der Waals surface area contributed by atoms with Crippen LogP contribution in [0.1, 0.15) is 26.2 Å². The van der Waals surface area contributed by atoms with Gasteiger partial charge in [-0.25, -0.2) is 0 Å². The third-order valence-corrected chi connectivity index (χ3v) is 5.37. The van der Waals surface area contributed by atoms with Crippen LogP contribution in [0.2, 0.25) is 10.0 Å². The van der Waals surface area contributed by atoms with Crippen LogP contribution >= 0.6 is 35.6 Å². The Kier molecular flexibility index (Phi) is 6.97. The third kappa shape index (κ3) is 4.40. The fourth-order valence-electron chi connectivity index (χ4n) is 3.38. The summed E-state index contributed by atoms with van der Waals surface area (Å²) >= 11 is 12.2. The lowest BCUT2D eigenvalue weighted by atomic mass is 9.98. The quantitative estimate of drug-likeness (QED) is 0.759. The van der Waals surface area contributed by atoms with Crippen molar-refractivity contribution in [2.75, 3.05) is 18.0 Å². The molecule has 0 spiro atoms. The fraction of sp³-hybridized carbons (Fsp3) is 0.529. The van der Waals surface area contributed by atoms with Crippen molar-refractivity contribution < 1.29 is 9.59 Å². The molecule has 2 amide bonds. The number of carbonyl (C=O) groups is 2. The minimum absolute atomic E-state index is 0. The molecular weight excluding hydrogens is 385 g/mol. The molecule has 5 nitrogen and oxygen atoms in total. The van der Waals surface area contributed by atoms with E-state index in [0.29, 0.717) is 28.7 Å². The number of rotatable bonds is 3. The van der Waals surface area contributed by atoms with Crippen LogP contribution in [0.25, 0.3) is 0 Å². The van der Waals surface area contributed by atoms with Gasteiger partial charge in [-0.3, -0.25) is 9.59 Å². The molecule has 2 aliphatic heterocycles. The normalized spacial score (nSPS) is 26.3. The van der Waals surface area contributed by atoms with Crippen LogP contribution in [0.5, 0.6) is 0 Å².